The lowest BCUT2D eigenvalue weighted by Gasteiger charge is -2.18. The summed E-state index contributed by atoms with van der Waals surface area (Å²) in [4.78, 5) is 17.3. The number of thiazole rings is 1. The Kier molecular flexibility index (Phi) is 4.48. The molecule has 0 bridgehead atoms. The van der Waals surface area contributed by atoms with Crippen LogP contribution in [0.5, 0.6) is 0 Å². The van der Waals surface area contributed by atoms with Crippen LogP contribution in [0, 0.1) is 0 Å². The molecule has 88 valence electrons. The molecule has 1 aliphatic rings. The maximum absolute atomic E-state index is 10.5. The minimum Gasteiger partial charge on any atom is -0.303 e. The summed E-state index contributed by atoms with van der Waals surface area (Å²) in [5.74, 6) is 0. The highest BCUT2D eigenvalue weighted by atomic mass is 32.1. The second kappa shape index (κ2) is 6.11. The van der Waals surface area contributed by atoms with Crippen molar-refractivity contribution in [2.45, 2.75) is 32.1 Å². The fourth-order valence-corrected chi connectivity index (χ4v) is 2.84. The maximum atomic E-state index is 10.5. The molecule has 0 aromatic carbocycles. The van der Waals surface area contributed by atoms with Gasteiger partial charge in [-0.3, -0.25) is 4.79 Å². The summed E-state index contributed by atoms with van der Waals surface area (Å²) in [6, 6.07) is 0. The predicted molar refractivity (Wildman–Crippen MR) is 66.1 cm³/mol. The van der Waals surface area contributed by atoms with Gasteiger partial charge < -0.3 is 4.90 Å². The molecule has 4 heteroatoms. The highest BCUT2D eigenvalue weighted by molar-refractivity contribution is 7.09. The molecule has 2 rings (SSSR count). The van der Waals surface area contributed by atoms with E-state index in [-0.39, 0.29) is 0 Å². The fraction of sp³-hybridized carbons (Fsp3) is 0.667. The highest BCUT2D eigenvalue weighted by Crippen LogP contribution is 2.12. The summed E-state index contributed by atoms with van der Waals surface area (Å²) in [7, 11) is 0. The standard InChI is InChI=1S/C12H18N2OS/c15-9-11-10-16-12(13-11)5-8-14-6-3-1-2-4-7-14/h9-10H,1-8H2. The van der Waals surface area contributed by atoms with Crippen molar-refractivity contribution in [3.05, 3.63) is 16.1 Å². The van der Waals surface area contributed by atoms with Crippen LogP contribution in [0.3, 0.4) is 0 Å². The number of aromatic nitrogens is 1. The van der Waals surface area contributed by atoms with Crippen molar-refractivity contribution in [1.29, 1.82) is 0 Å². The lowest BCUT2D eigenvalue weighted by atomic mass is 10.2. The van der Waals surface area contributed by atoms with Crippen LogP contribution < -0.4 is 0 Å². The molecule has 0 amide bonds. The van der Waals surface area contributed by atoms with E-state index < -0.39 is 0 Å². The minimum atomic E-state index is 0.580. The van der Waals surface area contributed by atoms with Gasteiger partial charge in [0.05, 0.1) is 5.01 Å². The molecule has 3 nitrogen and oxygen atoms in total. The zero-order valence-corrected chi connectivity index (χ0v) is 10.3. The Labute approximate surface area is 100 Å². The van der Waals surface area contributed by atoms with Crippen LogP contribution in [0.15, 0.2) is 5.38 Å². The zero-order chi connectivity index (χ0) is 11.2. The van der Waals surface area contributed by atoms with Crippen LogP contribution in [-0.4, -0.2) is 35.8 Å². The molecule has 0 saturated carbocycles. The number of hydrogen-bond acceptors (Lipinski definition) is 4. The molecule has 1 fully saturated rings. The smallest absolute Gasteiger partial charge is 0.169 e. The Morgan fingerprint density at radius 3 is 2.69 bits per heavy atom. The third-order valence-corrected chi connectivity index (χ3v) is 3.96. The van der Waals surface area contributed by atoms with E-state index in [0.29, 0.717) is 5.69 Å². The van der Waals surface area contributed by atoms with E-state index in [1.54, 1.807) is 11.3 Å². The summed E-state index contributed by atoms with van der Waals surface area (Å²) in [6.07, 6.45) is 7.23. The lowest BCUT2D eigenvalue weighted by Crippen LogP contribution is -2.26. The van der Waals surface area contributed by atoms with Gasteiger partial charge in [-0.2, -0.15) is 0 Å². The Bertz CT molecular complexity index is 330. The van der Waals surface area contributed by atoms with Gasteiger partial charge in [-0.25, -0.2) is 4.98 Å². The molecule has 16 heavy (non-hydrogen) atoms. The lowest BCUT2D eigenvalue weighted by molar-refractivity contribution is 0.111. The van der Waals surface area contributed by atoms with Crippen molar-refractivity contribution in [1.82, 2.24) is 9.88 Å². The Hall–Kier alpha value is -0.740. The SMILES string of the molecule is O=Cc1csc(CCN2CCCCCC2)n1. The second-order valence-corrected chi connectivity index (χ2v) is 5.23. The van der Waals surface area contributed by atoms with E-state index >= 15 is 0 Å². The maximum Gasteiger partial charge on any atom is 0.169 e. The fourth-order valence-electron chi connectivity index (χ4n) is 2.11. The molecule has 0 N–H and O–H groups in total. The van der Waals surface area contributed by atoms with Gasteiger partial charge in [-0.15, -0.1) is 11.3 Å². The van der Waals surface area contributed by atoms with E-state index in [0.717, 1.165) is 24.3 Å². The number of rotatable bonds is 4. The van der Waals surface area contributed by atoms with Gasteiger partial charge >= 0.3 is 0 Å². The van der Waals surface area contributed by atoms with E-state index in [4.69, 9.17) is 0 Å². The van der Waals surface area contributed by atoms with Gasteiger partial charge in [0.2, 0.25) is 0 Å². The molecule has 0 atom stereocenters. The third kappa shape index (κ3) is 3.39. The molecule has 0 unspecified atom stereocenters. The number of carbonyl (C=O) groups excluding carboxylic acids is 1. The van der Waals surface area contributed by atoms with E-state index in [9.17, 15) is 4.79 Å². The number of carbonyl (C=O) groups is 1. The number of likely N-dealkylation sites (tertiary alicyclic amines) is 1. The van der Waals surface area contributed by atoms with Crippen molar-refractivity contribution in [3.8, 4) is 0 Å². The summed E-state index contributed by atoms with van der Waals surface area (Å²) < 4.78 is 0. The quantitative estimate of drug-likeness (QED) is 0.755. The van der Waals surface area contributed by atoms with Crippen LogP contribution in [0.25, 0.3) is 0 Å². The van der Waals surface area contributed by atoms with E-state index in [1.165, 1.54) is 38.8 Å². The Morgan fingerprint density at radius 2 is 2.06 bits per heavy atom. The topological polar surface area (TPSA) is 33.2 Å². The monoisotopic (exact) mass is 238 g/mol. The van der Waals surface area contributed by atoms with Gasteiger partial charge in [0.25, 0.3) is 0 Å². The zero-order valence-electron chi connectivity index (χ0n) is 9.52. The molecule has 2 heterocycles. The summed E-state index contributed by atoms with van der Waals surface area (Å²) in [5, 5.41) is 2.93. The molecule has 0 aliphatic carbocycles. The van der Waals surface area contributed by atoms with Gasteiger partial charge in [-0.05, 0) is 25.9 Å². The van der Waals surface area contributed by atoms with Crippen molar-refractivity contribution in [2.24, 2.45) is 0 Å². The molecular formula is C12H18N2OS. The average molecular weight is 238 g/mol. The molecule has 1 aromatic rings. The normalized spacial score (nSPS) is 18.2. The average Bonchev–Trinajstić information content (AvgIpc) is 2.61. The van der Waals surface area contributed by atoms with E-state index in [2.05, 4.69) is 9.88 Å². The van der Waals surface area contributed by atoms with Crippen LogP contribution in [0.2, 0.25) is 0 Å². The van der Waals surface area contributed by atoms with Gasteiger partial charge in [-0.1, -0.05) is 12.8 Å². The summed E-state index contributed by atoms with van der Waals surface area (Å²) in [5.41, 5.74) is 0.580. The molecule has 0 radical (unpaired) electrons. The van der Waals surface area contributed by atoms with Crippen molar-refractivity contribution in [2.75, 3.05) is 19.6 Å². The van der Waals surface area contributed by atoms with Crippen molar-refractivity contribution >= 4 is 17.6 Å². The molecule has 1 saturated heterocycles. The minimum absolute atomic E-state index is 0.580. The molecule has 0 spiro atoms. The Morgan fingerprint density at radius 1 is 1.31 bits per heavy atom. The van der Waals surface area contributed by atoms with Gasteiger partial charge in [0.1, 0.15) is 5.69 Å². The van der Waals surface area contributed by atoms with Crippen LogP contribution in [0.4, 0.5) is 0 Å². The Balaban J connectivity index is 1.79. The third-order valence-electron chi connectivity index (χ3n) is 3.03. The van der Waals surface area contributed by atoms with Crippen molar-refractivity contribution in [3.63, 3.8) is 0 Å². The first-order valence-corrected chi connectivity index (χ1v) is 6.88. The summed E-state index contributed by atoms with van der Waals surface area (Å²) >= 11 is 1.60. The van der Waals surface area contributed by atoms with Crippen molar-refractivity contribution < 1.29 is 4.79 Å². The highest BCUT2D eigenvalue weighted by Gasteiger charge is 2.09. The van der Waals surface area contributed by atoms with Crippen LogP contribution >= 0.6 is 11.3 Å². The predicted octanol–water partition coefficient (Wildman–Crippen LogP) is 2.37. The summed E-state index contributed by atoms with van der Waals surface area (Å²) in [6.45, 7) is 3.55. The second-order valence-electron chi connectivity index (χ2n) is 4.29. The number of hydrogen-bond donors (Lipinski definition) is 0. The van der Waals surface area contributed by atoms with E-state index in [1.807, 2.05) is 5.38 Å². The molecule has 1 aromatic heterocycles. The number of nitrogens with zero attached hydrogens (tertiary/aromatic N) is 2. The van der Waals surface area contributed by atoms with Crippen LogP contribution in [-0.2, 0) is 6.42 Å². The first kappa shape index (κ1) is 11.7. The molecule has 1 aliphatic heterocycles. The van der Waals surface area contributed by atoms with Gasteiger partial charge in [0.15, 0.2) is 6.29 Å². The first-order chi connectivity index (χ1) is 7.88. The molecular weight excluding hydrogens is 220 g/mol. The van der Waals surface area contributed by atoms with Crippen LogP contribution in [0.1, 0.15) is 41.2 Å². The van der Waals surface area contributed by atoms with Gasteiger partial charge in [0, 0.05) is 18.3 Å². The largest absolute Gasteiger partial charge is 0.303 e. The number of aldehydes is 1. The first-order valence-electron chi connectivity index (χ1n) is 6.00.